The number of non-ortho nitro benzene ring substituents is 1. The van der Waals surface area contributed by atoms with E-state index in [4.69, 9.17) is 4.74 Å². The Morgan fingerprint density at radius 1 is 1.23 bits per heavy atom. The van der Waals surface area contributed by atoms with Gasteiger partial charge in [-0.3, -0.25) is 19.5 Å². The first-order valence-electron chi connectivity index (χ1n) is 13.2. The smallest absolute Gasteiger partial charge is 0.338 e. The van der Waals surface area contributed by atoms with Gasteiger partial charge in [0.2, 0.25) is 0 Å². The molecule has 0 radical (unpaired) electrons. The average Bonchev–Trinajstić information content (AvgIpc) is 3.23. The largest absolute Gasteiger partial charge is 0.463 e. The number of nitro groups is 1. The lowest BCUT2D eigenvalue weighted by atomic mass is 9.96. The van der Waals surface area contributed by atoms with Crippen LogP contribution in [-0.2, 0) is 9.53 Å². The number of nitrogens with zero attached hydrogens (tertiary/aromatic N) is 4. The predicted molar refractivity (Wildman–Crippen MR) is 151 cm³/mol. The van der Waals surface area contributed by atoms with Gasteiger partial charge in [-0.15, -0.1) is 0 Å². The van der Waals surface area contributed by atoms with Crippen molar-refractivity contribution in [2.24, 2.45) is 10.9 Å². The number of rotatable bonds is 6. The van der Waals surface area contributed by atoms with Crippen molar-refractivity contribution in [1.29, 1.82) is 0 Å². The highest BCUT2D eigenvalue weighted by atomic mass is 32.1. The summed E-state index contributed by atoms with van der Waals surface area (Å²) in [5.41, 5.74) is 2.04. The Kier molecular flexibility index (Phi) is 7.66. The number of halogens is 1. The minimum absolute atomic E-state index is 0.0715. The molecule has 1 atom stereocenters. The zero-order valence-corrected chi connectivity index (χ0v) is 23.2. The minimum Gasteiger partial charge on any atom is -0.463 e. The quantitative estimate of drug-likeness (QED) is 0.254. The first kappa shape index (κ1) is 27.4. The van der Waals surface area contributed by atoms with Gasteiger partial charge in [-0.05, 0) is 62.4 Å². The molecule has 0 aliphatic carbocycles. The summed E-state index contributed by atoms with van der Waals surface area (Å²) < 4.78 is 20.8. The lowest BCUT2D eigenvalue weighted by Crippen LogP contribution is -2.40. The second kappa shape index (κ2) is 11.2. The van der Waals surface area contributed by atoms with Gasteiger partial charge < -0.3 is 9.64 Å². The van der Waals surface area contributed by atoms with Crippen molar-refractivity contribution in [2.75, 3.05) is 24.6 Å². The molecular formula is C29H29FN4O5S. The second-order valence-corrected chi connectivity index (χ2v) is 11.0. The fourth-order valence-corrected chi connectivity index (χ4v) is 6.24. The molecule has 208 valence electrons. The molecule has 5 rings (SSSR count). The fourth-order valence-electron chi connectivity index (χ4n) is 5.20. The van der Waals surface area contributed by atoms with E-state index in [-0.39, 0.29) is 17.9 Å². The van der Waals surface area contributed by atoms with Crippen molar-refractivity contribution in [3.05, 3.63) is 100 Å². The third kappa shape index (κ3) is 5.21. The van der Waals surface area contributed by atoms with Gasteiger partial charge in [-0.1, -0.05) is 30.4 Å². The molecule has 0 unspecified atom stereocenters. The number of fused-ring (bicyclic) bond motifs is 1. The van der Waals surface area contributed by atoms with Crippen molar-refractivity contribution >= 4 is 34.8 Å². The highest BCUT2D eigenvalue weighted by Gasteiger charge is 2.33. The summed E-state index contributed by atoms with van der Waals surface area (Å²) in [6.07, 6.45) is 3.67. The predicted octanol–water partition coefficient (Wildman–Crippen LogP) is 4.08. The summed E-state index contributed by atoms with van der Waals surface area (Å²) >= 11 is 1.14. The van der Waals surface area contributed by atoms with Gasteiger partial charge in [0.05, 0.1) is 33.4 Å². The summed E-state index contributed by atoms with van der Waals surface area (Å²) in [6.45, 7) is 7.34. The lowest BCUT2D eigenvalue weighted by Gasteiger charge is -2.33. The van der Waals surface area contributed by atoms with Crippen LogP contribution in [0.4, 0.5) is 15.8 Å². The molecule has 1 aromatic heterocycles. The number of benzene rings is 2. The molecule has 2 aliphatic heterocycles. The molecular weight excluding hydrogens is 535 g/mol. The molecule has 3 aromatic rings. The van der Waals surface area contributed by atoms with Gasteiger partial charge in [0.15, 0.2) is 4.80 Å². The maximum Gasteiger partial charge on any atom is 0.338 e. The van der Waals surface area contributed by atoms with Crippen LogP contribution in [0.5, 0.6) is 0 Å². The van der Waals surface area contributed by atoms with Crippen LogP contribution >= 0.6 is 11.3 Å². The van der Waals surface area contributed by atoms with Crippen LogP contribution in [0.25, 0.3) is 6.08 Å². The maximum absolute atomic E-state index is 13.9. The number of nitro benzene ring substituents is 1. The highest BCUT2D eigenvalue weighted by molar-refractivity contribution is 7.07. The van der Waals surface area contributed by atoms with Gasteiger partial charge in [0.25, 0.3) is 11.2 Å². The molecule has 9 nitrogen and oxygen atoms in total. The Bertz CT molecular complexity index is 1680. The molecule has 2 aromatic carbocycles. The zero-order valence-electron chi connectivity index (χ0n) is 22.4. The van der Waals surface area contributed by atoms with Gasteiger partial charge in [-0.25, -0.2) is 14.2 Å². The first-order chi connectivity index (χ1) is 19.2. The third-order valence-corrected chi connectivity index (χ3v) is 8.32. The summed E-state index contributed by atoms with van der Waals surface area (Å²) in [4.78, 5) is 45.2. The number of hydrogen-bond donors (Lipinski definition) is 0. The molecule has 1 saturated heterocycles. The summed E-state index contributed by atoms with van der Waals surface area (Å²) in [7, 11) is 0. The molecule has 40 heavy (non-hydrogen) atoms. The van der Waals surface area contributed by atoms with E-state index in [1.165, 1.54) is 41.0 Å². The lowest BCUT2D eigenvalue weighted by molar-refractivity contribution is -0.384. The van der Waals surface area contributed by atoms with E-state index >= 15 is 0 Å². The van der Waals surface area contributed by atoms with E-state index in [0.29, 0.717) is 32.1 Å². The molecule has 3 heterocycles. The molecule has 2 aliphatic rings. The number of esters is 1. The SMILES string of the molecule is CCOC(=O)C1=C(C)N=c2s/c(=C/c3cc([N+](=O)[O-])ccc3N3CCC(C)CC3)c(=O)n2[C@H]1c1ccc(F)cc1. The Balaban J connectivity index is 1.70. The number of piperidine rings is 1. The molecule has 0 saturated carbocycles. The van der Waals surface area contributed by atoms with Crippen molar-refractivity contribution in [3.8, 4) is 0 Å². The first-order valence-corrected chi connectivity index (χ1v) is 14.0. The van der Waals surface area contributed by atoms with E-state index in [1.807, 2.05) is 0 Å². The number of carbonyl (C=O) groups is 1. The van der Waals surface area contributed by atoms with Crippen LogP contribution in [0, 0.1) is 21.8 Å². The molecule has 0 N–H and O–H groups in total. The number of hydrogen-bond acceptors (Lipinski definition) is 8. The van der Waals surface area contributed by atoms with E-state index < -0.39 is 28.3 Å². The number of carbonyl (C=O) groups excluding carboxylic acids is 1. The Hall–Kier alpha value is -4.12. The van der Waals surface area contributed by atoms with Crippen molar-refractivity contribution < 1.29 is 18.8 Å². The van der Waals surface area contributed by atoms with Crippen molar-refractivity contribution in [3.63, 3.8) is 0 Å². The van der Waals surface area contributed by atoms with Crippen LogP contribution in [0.2, 0.25) is 0 Å². The fraction of sp³-hybridized carbons (Fsp3) is 0.345. The van der Waals surface area contributed by atoms with Crippen LogP contribution in [0.3, 0.4) is 0 Å². The summed E-state index contributed by atoms with van der Waals surface area (Å²) in [6, 6.07) is 9.45. The normalized spacial score (nSPS) is 17.9. The second-order valence-electron chi connectivity index (χ2n) is 10.0. The van der Waals surface area contributed by atoms with E-state index in [9.17, 15) is 24.1 Å². The Labute approximate surface area is 233 Å². The van der Waals surface area contributed by atoms with Gasteiger partial charge in [0.1, 0.15) is 5.82 Å². The molecule has 11 heteroatoms. The Morgan fingerprint density at radius 3 is 2.58 bits per heavy atom. The monoisotopic (exact) mass is 564 g/mol. The molecule has 0 spiro atoms. The molecule has 0 bridgehead atoms. The van der Waals surface area contributed by atoms with Gasteiger partial charge in [-0.2, -0.15) is 0 Å². The zero-order chi connectivity index (χ0) is 28.6. The van der Waals surface area contributed by atoms with Crippen LogP contribution < -0.4 is 19.8 Å². The van der Waals surface area contributed by atoms with E-state index in [2.05, 4.69) is 16.8 Å². The number of allylic oxidation sites excluding steroid dienone is 1. The third-order valence-electron chi connectivity index (χ3n) is 7.34. The highest BCUT2D eigenvalue weighted by Crippen LogP contribution is 2.32. The summed E-state index contributed by atoms with van der Waals surface area (Å²) in [5, 5.41) is 11.6. The van der Waals surface area contributed by atoms with Crippen LogP contribution in [-0.4, -0.2) is 35.2 Å². The number of thiazole rings is 1. The summed E-state index contributed by atoms with van der Waals surface area (Å²) in [5.74, 6) is -0.447. The maximum atomic E-state index is 13.9. The minimum atomic E-state index is -0.869. The van der Waals surface area contributed by atoms with Gasteiger partial charge in [0, 0.05) is 36.5 Å². The Morgan fingerprint density at radius 2 is 1.93 bits per heavy atom. The standard InChI is InChI=1S/C29H29FN4O5S/c1-4-39-28(36)25-18(3)31-29-33(26(25)19-5-7-21(30)8-6-19)27(35)24(40-29)16-20-15-22(34(37)38)9-10-23(20)32-13-11-17(2)12-14-32/h5-10,15-17,26H,4,11-14H2,1-3H3/b24-16+/t26-/m0/s1. The number of anilines is 1. The van der Waals surface area contributed by atoms with E-state index in [0.717, 1.165) is 43.0 Å². The molecule has 1 fully saturated rings. The van der Waals surface area contributed by atoms with Gasteiger partial charge >= 0.3 is 5.97 Å². The number of aromatic nitrogens is 1. The molecule has 0 amide bonds. The van der Waals surface area contributed by atoms with Crippen molar-refractivity contribution in [1.82, 2.24) is 4.57 Å². The average molecular weight is 565 g/mol. The van der Waals surface area contributed by atoms with Crippen LogP contribution in [0.1, 0.15) is 50.8 Å². The topological polar surface area (TPSA) is 107 Å². The van der Waals surface area contributed by atoms with E-state index in [1.54, 1.807) is 26.0 Å². The van der Waals surface area contributed by atoms with Crippen LogP contribution in [0.15, 0.2) is 63.5 Å². The van der Waals surface area contributed by atoms with Crippen molar-refractivity contribution in [2.45, 2.75) is 39.7 Å². The number of ether oxygens (including phenoxy) is 1.